The Labute approximate surface area is 143 Å². The number of carbonyl (C=O) groups excluding carboxylic acids is 1. The van der Waals surface area contributed by atoms with Crippen molar-refractivity contribution < 1.29 is 4.79 Å². The molecule has 0 atom stereocenters. The number of carbonyl (C=O) groups is 1. The van der Waals surface area contributed by atoms with Gasteiger partial charge < -0.3 is 15.2 Å². The molecule has 0 radical (unpaired) electrons. The maximum atomic E-state index is 12.6. The number of hydrogen-bond acceptors (Lipinski definition) is 4. The van der Waals surface area contributed by atoms with Gasteiger partial charge in [-0.1, -0.05) is 6.07 Å². The van der Waals surface area contributed by atoms with E-state index in [1.54, 1.807) is 29.7 Å². The van der Waals surface area contributed by atoms with E-state index in [9.17, 15) is 9.59 Å². The first-order valence-corrected chi connectivity index (χ1v) is 8.54. The van der Waals surface area contributed by atoms with Crippen LogP contribution in [0.1, 0.15) is 17.5 Å². The van der Waals surface area contributed by atoms with Gasteiger partial charge in [0.05, 0.1) is 11.9 Å². The number of anilines is 1. The van der Waals surface area contributed by atoms with Gasteiger partial charge in [-0.2, -0.15) is 0 Å². The van der Waals surface area contributed by atoms with E-state index in [1.807, 2.05) is 35.9 Å². The Morgan fingerprint density at radius 1 is 1.33 bits per heavy atom. The fourth-order valence-corrected chi connectivity index (χ4v) is 3.08. The van der Waals surface area contributed by atoms with Gasteiger partial charge >= 0.3 is 6.03 Å². The Balaban J connectivity index is 1.86. The molecule has 3 aromatic heterocycles. The molecule has 0 bridgehead atoms. The van der Waals surface area contributed by atoms with Crippen molar-refractivity contribution in [1.29, 1.82) is 0 Å². The van der Waals surface area contributed by atoms with Crippen molar-refractivity contribution in [3.8, 4) is 0 Å². The van der Waals surface area contributed by atoms with Crippen LogP contribution in [0.15, 0.2) is 40.6 Å². The minimum atomic E-state index is -0.400. The van der Waals surface area contributed by atoms with Gasteiger partial charge in [-0.05, 0) is 37.4 Å². The third-order valence-electron chi connectivity index (χ3n) is 3.65. The highest BCUT2D eigenvalue weighted by molar-refractivity contribution is 7.09. The number of rotatable bonds is 4. The Kier molecular flexibility index (Phi) is 4.61. The molecule has 0 saturated carbocycles. The van der Waals surface area contributed by atoms with Gasteiger partial charge in [0, 0.05) is 23.3 Å². The Hall–Kier alpha value is -2.67. The van der Waals surface area contributed by atoms with Crippen molar-refractivity contribution in [2.24, 2.45) is 0 Å². The first kappa shape index (κ1) is 16.2. The molecule has 0 aliphatic heterocycles. The first-order valence-electron chi connectivity index (χ1n) is 7.66. The summed E-state index contributed by atoms with van der Waals surface area (Å²) in [5.41, 5.74) is 1.50. The van der Waals surface area contributed by atoms with Crippen molar-refractivity contribution in [2.75, 3.05) is 5.32 Å². The van der Waals surface area contributed by atoms with E-state index in [0.717, 1.165) is 10.6 Å². The minimum absolute atomic E-state index is 0.228. The molecule has 124 valence electrons. The third-order valence-corrected chi connectivity index (χ3v) is 4.53. The van der Waals surface area contributed by atoms with Crippen molar-refractivity contribution >= 4 is 34.1 Å². The number of pyridine rings is 2. The predicted octanol–water partition coefficient (Wildman–Crippen LogP) is 3.11. The van der Waals surface area contributed by atoms with Crippen LogP contribution in [0.4, 0.5) is 10.5 Å². The zero-order valence-electron chi connectivity index (χ0n) is 13.5. The van der Waals surface area contributed by atoms with Crippen LogP contribution in [0.3, 0.4) is 0 Å². The Morgan fingerprint density at radius 2 is 2.17 bits per heavy atom. The number of aryl methyl sites for hydroxylation is 2. The minimum Gasteiger partial charge on any atom is -0.333 e. The van der Waals surface area contributed by atoms with Gasteiger partial charge in [0.2, 0.25) is 5.43 Å². The zero-order valence-corrected chi connectivity index (χ0v) is 14.3. The highest BCUT2D eigenvalue weighted by atomic mass is 32.1. The lowest BCUT2D eigenvalue weighted by molar-refractivity contribution is 0.252. The summed E-state index contributed by atoms with van der Waals surface area (Å²) >= 11 is 1.57. The molecule has 7 heteroatoms. The number of thiophene rings is 1. The van der Waals surface area contributed by atoms with Gasteiger partial charge in [-0.25, -0.2) is 9.78 Å². The smallest absolute Gasteiger partial charge is 0.319 e. The summed E-state index contributed by atoms with van der Waals surface area (Å²) in [4.78, 5) is 30.1. The maximum absolute atomic E-state index is 12.6. The van der Waals surface area contributed by atoms with E-state index < -0.39 is 6.03 Å². The van der Waals surface area contributed by atoms with Gasteiger partial charge in [-0.3, -0.25) is 4.79 Å². The summed E-state index contributed by atoms with van der Waals surface area (Å²) < 4.78 is 1.86. The lowest BCUT2D eigenvalue weighted by atomic mass is 10.2. The predicted molar refractivity (Wildman–Crippen MR) is 96.6 cm³/mol. The van der Waals surface area contributed by atoms with Crippen molar-refractivity contribution in [2.45, 2.75) is 26.9 Å². The van der Waals surface area contributed by atoms with Crippen LogP contribution in [-0.2, 0) is 13.1 Å². The highest BCUT2D eigenvalue weighted by Gasteiger charge is 2.12. The largest absolute Gasteiger partial charge is 0.333 e. The molecule has 3 aromatic rings. The Morgan fingerprint density at radius 3 is 2.88 bits per heavy atom. The molecule has 0 fully saturated rings. The molecule has 0 aromatic carbocycles. The molecule has 6 nitrogen and oxygen atoms in total. The van der Waals surface area contributed by atoms with Gasteiger partial charge in [0.1, 0.15) is 11.3 Å². The van der Waals surface area contributed by atoms with Crippen LogP contribution < -0.4 is 16.1 Å². The second-order valence-electron chi connectivity index (χ2n) is 5.37. The fraction of sp³-hybridized carbons (Fsp3) is 0.235. The number of nitrogens with zero attached hydrogens (tertiary/aromatic N) is 2. The molecule has 3 rings (SSSR count). The van der Waals surface area contributed by atoms with Crippen LogP contribution >= 0.6 is 11.3 Å². The van der Waals surface area contributed by atoms with Gasteiger partial charge in [0.25, 0.3) is 0 Å². The quantitative estimate of drug-likeness (QED) is 0.765. The summed E-state index contributed by atoms with van der Waals surface area (Å²) in [5.74, 6) is 0. The molecular weight excluding hydrogens is 324 g/mol. The van der Waals surface area contributed by atoms with Crippen LogP contribution in [0, 0.1) is 6.92 Å². The van der Waals surface area contributed by atoms with E-state index in [4.69, 9.17) is 0 Å². The topological polar surface area (TPSA) is 76.0 Å². The molecule has 2 amide bonds. The summed E-state index contributed by atoms with van der Waals surface area (Å²) in [7, 11) is 0. The van der Waals surface area contributed by atoms with E-state index in [2.05, 4.69) is 15.6 Å². The molecule has 0 saturated heterocycles. The van der Waals surface area contributed by atoms with Crippen LogP contribution in [0.2, 0.25) is 0 Å². The van der Waals surface area contributed by atoms with Crippen LogP contribution in [-0.4, -0.2) is 15.6 Å². The van der Waals surface area contributed by atoms with Gasteiger partial charge in [0.15, 0.2) is 0 Å². The summed E-state index contributed by atoms with van der Waals surface area (Å²) in [6, 6.07) is 7.02. The molecule has 2 N–H and O–H groups in total. The summed E-state index contributed by atoms with van der Waals surface area (Å²) in [6.45, 7) is 4.93. The molecule has 0 spiro atoms. The average molecular weight is 342 g/mol. The van der Waals surface area contributed by atoms with Crippen molar-refractivity contribution in [1.82, 2.24) is 14.9 Å². The molecule has 0 aliphatic rings. The summed E-state index contributed by atoms with van der Waals surface area (Å²) in [5, 5.41) is 7.85. The average Bonchev–Trinajstić information content (AvgIpc) is 3.09. The molecule has 3 heterocycles. The second-order valence-corrected chi connectivity index (χ2v) is 6.40. The SMILES string of the molecule is CCn1cc(NC(=O)NCc2cccs2)c(=O)c2ccc(C)nc21. The fourth-order valence-electron chi connectivity index (χ4n) is 2.44. The number of aromatic nitrogens is 2. The molecule has 24 heavy (non-hydrogen) atoms. The standard InChI is InChI=1S/C17H18N4O2S/c1-3-21-10-14(15(22)13-7-6-11(2)19-16(13)21)20-17(23)18-9-12-5-4-8-24-12/h4-8,10H,3,9H2,1-2H3,(H2,18,20,23). The molecule has 0 aliphatic carbocycles. The number of nitrogens with one attached hydrogen (secondary N) is 2. The van der Waals surface area contributed by atoms with Crippen LogP contribution in [0.25, 0.3) is 11.0 Å². The van der Waals surface area contributed by atoms with E-state index >= 15 is 0 Å². The lowest BCUT2D eigenvalue weighted by Gasteiger charge is -2.12. The molecular formula is C17H18N4O2S. The normalized spacial score (nSPS) is 10.8. The van der Waals surface area contributed by atoms with Crippen LogP contribution in [0.5, 0.6) is 0 Å². The summed E-state index contributed by atoms with van der Waals surface area (Å²) in [6.07, 6.45) is 1.64. The maximum Gasteiger partial charge on any atom is 0.319 e. The van der Waals surface area contributed by atoms with Crippen molar-refractivity contribution in [3.63, 3.8) is 0 Å². The van der Waals surface area contributed by atoms with Crippen molar-refractivity contribution in [3.05, 3.63) is 56.6 Å². The monoisotopic (exact) mass is 342 g/mol. The molecule has 0 unspecified atom stereocenters. The van der Waals surface area contributed by atoms with E-state index in [-0.39, 0.29) is 11.1 Å². The number of amides is 2. The third kappa shape index (κ3) is 3.30. The Bertz CT molecular complexity index is 932. The highest BCUT2D eigenvalue weighted by Crippen LogP contribution is 2.13. The first-order chi connectivity index (χ1) is 11.6. The van der Waals surface area contributed by atoms with E-state index in [0.29, 0.717) is 24.1 Å². The number of fused-ring (bicyclic) bond motifs is 1. The number of urea groups is 1. The van der Waals surface area contributed by atoms with Gasteiger partial charge in [-0.15, -0.1) is 11.3 Å². The second kappa shape index (κ2) is 6.84. The lowest BCUT2D eigenvalue weighted by Crippen LogP contribution is -2.30. The number of hydrogen-bond donors (Lipinski definition) is 2. The van der Waals surface area contributed by atoms with E-state index in [1.165, 1.54) is 0 Å². The zero-order chi connectivity index (χ0) is 17.1.